The van der Waals surface area contributed by atoms with E-state index < -0.39 is 5.54 Å². The molecule has 0 aromatic carbocycles. The van der Waals surface area contributed by atoms with Crippen LogP contribution in [-0.4, -0.2) is 11.4 Å². The molecular formula is C15H20N2OS. The largest absolute Gasteiger partial charge is 0.337 e. The molecule has 1 heterocycles. The van der Waals surface area contributed by atoms with E-state index in [0.717, 1.165) is 19.3 Å². The predicted molar refractivity (Wildman–Crippen MR) is 77.1 cm³/mol. The molecule has 1 aliphatic carbocycles. The molecule has 1 N–H and O–H groups in total. The first-order chi connectivity index (χ1) is 9.15. The van der Waals surface area contributed by atoms with Crippen molar-refractivity contribution >= 4 is 17.2 Å². The summed E-state index contributed by atoms with van der Waals surface area (Å²) in [4.78, 5) is 13.8. The SMILES string of the molecule is CCC(C#N)(CC)NC(=O)C1CCCc2sccc21. The van der Waals surface area contributed by atoms with Gasteiger partial charge in [-0.1, -0.05) is 13.8 Å². The van der Waals surface area contributed by atoms with Crippen LogP contribution in [0.3, 0.4) is 0 Å². The van der Waals surface area contributed by atoms with Crippen molar-refractivity contribution in [1.29, 1.82) is 5.26 Å². The number of rotatable bonds is 4. The number of fused-ring (bicyclic) bond motifs is 1. The highest BCUT2D eigenvalue weighted by Crippen LogP contribution is 2.35. The molecule has 0 aliphatic heterocycles. The van der Waals surface area contributed by atoms with E-state index in [1.165, 1.54) is 10.4 Å². The second-order valence-electron chi connectivity index (χ2n) is 5.13. The van der Waals surface area contributed by atoms with Crippen LogP contribution in [-0.2, 0) is 11.2 Å². The van der Waals surface area contributed by atoms with Gasteiger partial charge in [-0.15, -0.1) is 11.3 Å². The quantitative estimate of drug-likeness (QED) is 0.916. The van der Waals surface area contributed by atoms with Crippen molar-refractivity contribution in [1.82, 2.24) is 5.32 Å². The smallest absolute Gasteiger partial charge is 0.228 e. The van der Waals surface area contributed by atoms with Crippen LogP contribution >= 0.6 is 11.3 Å². The summed E-state index contributed by atoms with van der Waals surface area (Å²) in [5.41, 5.74) is 0.470. The molecule has 0 spiro atoms. The van der Waals surface area contributed by atoms with Gasteiger partial charge in [-0.05, 0) is 49.1 Å². The zero-order valence-electron chi connectivity index (χ0n) is 11.5. The van der Waals surface area contributed by atoms with Crippen molar-refractivity contribution in [3.63, 3.8) is 0 Å². The van der Waals surface area contributed by atoms with Crippen LogP contribution in [0.2, 0.25) is 0 Å². The number of amides is 1. The highest BCUT2D eigenvalue weighted by atomic mass is 32.1. The molecule has 19 heavy (non-hydrogen) atoms. The van der Waals surface area contributed by atoms with Crippen molar-refractivity contribution in [3.8, 4) is 6.07 Å². The first-order valence-corrected chi connectivity index (χ1v) is 7.83. The number of carbonyl (C=O) groups excluding carboxylic acids is 1. The van der Waals surface area contributed by atoms with Crippen molar-refractivity contribution < 1.29 is 4.79 Å². The summed E-state index contributed by atoms with van der Waals surface area (Å²) in [5, 5.41) is 14.4. The summed E-state index contributed by atoms with van der Waals surface area (Å²) in [6.07, 6.45) is 4.33. The number of nitriles is 1. The Kier molecular flexibility index (Phi) is 4.26. The number of aryl methyl sites for hydroxylation is 1. The van der Waals surface area contributed by atoms with Gasteiger partial charge in [0.05, 0.1) is 12.0 Å². The van der Waals surface area contributed by atoms with Crippen LogP contribution in [0.15, 0.2) is 11.4 Å². The summed E-state index contributed by atoms with van der Waals surface area (Å²) in [5.74, 6) is -0.0505. The number of nitrogens with one attached hydrogen (secondary N) is 1. The van der Waals surface area contributed by atoms with E-state index in [1.54, 1.807) is 11.3 Å². The summed E-state index contributed by atoms with van der Waals surface area (Å²) >= 11 is 1.74. The Bertz CT molecular complexity index is 496. The van der Waals surface area contributed by atoms with Crippen molar-refractivity contribution in [2.45, 2.75) is 57.4 Å². The Morgan fingerprint density at radius 1 is 1.58 bits per heavy atom. The minimum Gasteiger partial charge on any atom is -0.337 e. The van der Waals surface area contributed by atoms with Gasteiger partial charge in [0.2, 0.25) is 5.91 Å². The maximum Gasteiger partial charge on any atom is 0.228 e. The fraction of sp³-hybridized carbons (Fsp3) is 0.600. The number of thiophene rings is 1. The Hall–Kier alpha value is -1.34. The summed E-state index contributed by atoms with van der Waals surface area (Å²) in [7, 11) is 0. The lowest BCUT2D eigenvalue weighted by Gasteiger charge is -2.29. The number of hydrogen-bond donors (Lipinski definition) is 1. The second-order valence-corrected chi connectivity index (χ2v) is 6.13. The fourth-order valence-corrected chi connectivity index (χ4v) is 3.68. The molecular weight excluding hydrogens is 256 g/mol. The van der Waals surface area contributed by atoms with Gasteiger partial charge in [0.1, 0.15) is 5.54 Å². The molecule has 4 heteroatoms. The van der Waals surface area contributed by atoms with Crippen LogP contribution in [0.1, 0.15) is 55.9 Å². The maximum atomic E-state index is 12.5. The van der Waals surface area contributed by atoms with Crippen molar-refractivity contribution in [2.75, 3.05) is 0 Å². The van der Waals surface area contributed by atoms with E-state index in [4.69, 9.17) is 0 Å². The summed E-state index contributed by atoms with van der Waals surface area (Å²) < 4.78 is 0. The highest BCUT2D eigenvalue weighted by Gasteiger charge is 2.33. The van der Waals surface area contributed by atoms with E-state index >= 15 is 0 Å². The maximum absolute atomic E-state index is 12.5. The molecule has 1 aromatic rings. The Morgan fingerprint density at radius 2 is 2.32 bits per heavy atom. The lowest BCUT2D eigenvalue weighted by molar-refractivity contribution is -0.124. The minimum atomic E-state index is -0.704. The molecule has 0 saturated carbocycles. The van der Waals surface area contributed by atoms with E-state index in [9.17, 15) is 10.1 Å². The number of carbonyl (C=O) groups is 1. The molecule has 0 radical (unpaired) electrons. The molecule has 3 nitrogen and oxygen atoms in total. The lowest BCUT2D eigenvalue weighted by Crippen LogP contribution is -2.48. The van der Waals surface area contributed by atoms with Gasteiger partial charge >= 0.3 is 0 Å². The molecule has 1 aliphatic rings. The van der Waals surface area contributed by atoms with Gasteiger partial charge < -0.3 is 5.32 Å². The van der Waals surface area contributed by atoms with Crippen molar-refractivity contribution in [2.24, 2.45) is 0 Å². The molecule has 102 valence electrons. The molecule has 1 amide bonds. The van der Waals surface area contributed by atoms with E-state index in [2.05, 4.69) is 22.8 Å². The molecule has 2 rings (SSSR count). The van der Waals surface area contributed by atoms with Crippen LogP contribution < -0.4 is 5.32 Å². The van der Waals surface area contributed by atoms with Gasteiger partial charge in [-0.2, -0.15) is 5.26 Å². The van der Waals surface area contributed by atoms with E-state index in [0.29, 0.717) is 12.8 Å². The minimum absolute atomic E-state index is 0.0181. The van der Waals surface area contributed by atoms with Crippen LogP contribution in [0.5, 0.6) is 0 Å². The Labute approximate surface area is 118 Å². The Morgan fingerprint density at radius 3 is 2.95 bits per heavy atom. The predicted octanol–water partition coefficient (Wildman–Crippen LogP) is 3.37. The first-order valence-electron chi connectivity index (χ1n) is 6.95. The molecule has 0 saturated heterocycles. The normalized spacial score (nSPS) is 18.5. The number of nitrogens with zero attached hydrogens (tertiary/aromatic N) is 1. The third-order valence-corrected chi connectivity index (χ3v) is 5.15. The highest BCUT2D eigenvalue weighted by molar-refractivity contribution is 7.10. The fourth-order valence-electron chi connectivity index (χ4n) is 2.69. The summed E-state index contributed by atoms with van der Waals surface area (Å²) in [6.45, 7) is 3.90. The topological polar surface area (TPSA) is 52.9 Å². The second kappa shape index (κ2) is 5.75. The Balaban J connectivity index is 2.17. The zero-order valence-corrected chi connectivity index (χ0v) is 12.3. The average molecular weight is 276 g/mol. The lowest BCUT2D eigenvalue weighted by atomic mass is 9.85. The van der Waals surface area contributed by atoms with Gasteiger partial charge in [0.15, 0.2) is 0 Å². The molecule has 0 bridgehead atoms. The number of hydrogen-bond acceptors (Lipinski definition) is 3. The molecule has 1 unspecified atom stereocenters. The van der Waals surface area contributed by atoms with Crippen LogP contribution in [0.25, 0.3) is 0 Å². The van der Waals surface area contributed by atoms with E-state index in [1.807, 2.05) is 13.8 Å². The molecule has 0 fully saturated rings. The first kappa shape index (κ1) is 14.1. The molecule has 1 aromatic heterocycles. The third-order valence-electron chi connectivity index (χ3n) is 4.15. The zero-order chi connectivity index (χ0) is 13.9. The summed E-state index contributed by atoms with van der Waals surface area (Å²) in [6, 6.07) is 4.34. The van der Waals surface area contributed by atoms with Gasteiger partial charge in [-0.3, -0.25) is 4.79 Å². The van der Waals surface area contributed by atoms with Gasteiger partial charge in [0, 0.05) is 4.88 Å². The van der Waals surface area contributed by atoms with E-state index in [-0.39, 0.29) is 11.8 Å². The van der Waals surface area contributed by atoms with Crippen LogP contribution in [0, 0.1) is 11.3 Å². The van der Waals surface area contributed by atoms with Crippen LogP contribution in [0.4, 0.5) is 0 Å². The average Bonchev–Trinajstić information content (AvgIpc) is 2.93. The van der Waals surface area contributed by atoms with Gasteiger partial charge in [0.25, 0.3) is 0 Å². The monoisotopic (exact) mass is 276 g/mol. The van der Waals surface area contributed by atoms with Crippen molar-refractivity contribution in [3.05, 3.63) is 21.9 Å². The van der Waals surface area contributed by atoms with Gasteiger partial charge in [-0.25, -0.2) is 0 Å². The third kappa shape index (κ3) is 2.66. The molecule has 1 atom stereocenters. The standard InChI is InChI=1S/C15H20N2OS/c1-3-15(4-2,10-16)17-14(18)12-6-5-7-13-11(12)8-9-19-13/h8-9,12H,3-7H2,1-2H3,(H,17,18).